The van der Waals surface area contributed by atoms with Gasteiger partial charge in [-0.3, -0.25) is 9.59 Å². The molecule has 2 heterocycles. The summed E-state index contributed by atoms with van der Waals surface area (Å²) in [6.45, 7) is 4.44. The van der Waals surface area contributed by atoms with Crippen molar-refractivity contribution in [2.45, 2.75) is 38.5 Å². The van der Waals surface area contributed by atoms with E-state index in [1.54, 1.807) is 4.90 Å². The van der Waals surface area contributed by atoms with Gasteiger partial charge in [0.25, 0.3) is 0 Å². The van der Waals surface area contributed by atoms with Gasteiger partial charge in [-0.15, -0.1) is 12.4 Å². The Morgan fingerprint density at radius 1 is 1.00 bits per heavy atom. The molecular formula is C14H26ClN3O2. The molecule has 0 aromatic rings. The highest BCUT2D eigenvalue weighted by atomic mass is 35.5. The van der Waals surface area contributed by atoms with Crippen LogP contribution in [0, 0.1) is 0 Å². The molecule has 0 saturated carbocycles. The molecule has 0 radical (unpaired) electrons. The fourth-order valence-electron chi connectivity index (χ4n) is 2.74. The maximum atomic E-state index is 12.3. The summed E-state index contributed by atoms with van der Waals surface area (Å²) in [6, 6.07) is 0. The zero-order chi connectivity index (χ0) is 13.5. The Bertz CT molecular complexity index is 318. The minimum absolute atomic E-state index is 0. The van der Waals surface area contributed by atoms with Crippen molar-refractivity contribution in [1.29, 1.82) is 0 Å². The number of carbonyl (C=O) groups is 2. The molecule has 20 heavy (non-hydrogen) atoms. The van der Waals surface area contributed by atoms with Gasteiger partial charge in [-0.1, -0.05) is 12.8 Å². The van der Waals surface area contributed by atoms with Crippen molar-refractivity contribution >= 4 is 24.2 Å². The van der Waals surface area contributed by atoms with Crippen LogP contribution in [0.4, 0.5) is 0 Å². The molecule has 1 N–H and O–H groups in total. The number of rotatable bonds is 2. The van der Waals surface area contributed by atoms with Crippen molar-refractivity contribution in [2.24, 2.45) is 0 Å². The Morgan fingerprint density at radius 3 is 2.65 bits per heavy atom. The lowest BCUT2D eigenvalue weighted by Crippen LogP contribution is -2.44. The van der Waals surface area contributed by atoms with E-state index in [2.05, 4.69) is 5.32 Å². The Labute approximate surface area is 127 Å². The van der Waals surface area contributed by atoms with Gasteiger partial charge in [0.15, 0.2) is 0 Å². The predicted molar refractivity (Wildman–Crippen MR) is 81.0 cm³/mol. The van der Waals surface area contributed by atoms with E-state index in [0.717, 1.165) is 58.4 Å². The third-order valence-electron chi connectivity index (χ3n) is 3.94. The zero-order valence-corrected chi connectivity index (χ0v) is 12.9. The van der Waals surface area contributed by atoms with Crippen LogP contribution in [0.15, 0.2) is 0 Å². The van der Waals surface area contributed by atoms with E-state index >= 15 is 0 Å². The number of hydrogen-bond acceptors (Lipinski definition) is 3. The Hall–Kier alpha value is -0.810. The Kier molecular flexibility index (Phi) is 7.92. The van der Waals surface area contributed by atoms with Gasteiger partial charge in [0.05, 0.1) is 6.54 Å². The number of nitrogens with one attached hydrogen (secondary N) is 1. The number of nitrogens with zero attached hydrogens (tertiary/aromatic N) is 2. The van der Waals surface area contributed by atoms with E-state index in [1.165, 1.54) is 6.42 Å². The molecule has 0 aliphatic carbocycles. The fraction of sp³-hybridized carbons (Fsp3) is 0.857. The average molecular weight is 304 g/mol. The first-order valence-electron chi connectivity index (χ1n) is 7.53. The summed E-state index contributed by atoms with van der Waals surface area (Å²) in [4.78, 5) is 27.9. The van der Waals surface area contributed by atoms with Gasteiger partial charge in [0.1, 0.15) is 0 Å². The van der Waals surface area contributed by atoms with Crippen LogP contribution in [-0.2, 0) is 9.59 Å². The van der Waals surface area contributed by atoms with E-state index in [9.17, 15) is 9.59 Å². The van der Waals surface area contributed by atoms with Gasteiger partial charge in [0, 0.05) is 32.6 Å². The summed E-state index contributed by atoms with van der Waals surface area (Å²) in [7, 11) is 0. The number of amides is 2. The summed E-state index contributed by atoms with van der Waals surface area (Å²) in [6.07, 6.45) is 5.92. The van der Waals surface area contributed by atoms with Gasteiger partial charge in [0.2, 0.25) is 11.8 Å². The first-order chi connectivity index (χ1) is 9.27. The van der Waals surface area contributed by atoms with Gasteiger partial charge < -0.3 is 15.1 Å². The van der Waals surface area contributed by atoms with Gasteiger partial charge in [-0.2, -0.15) is 0 Å². The lowest BCUT2D eigenvalue weighted by Gasteiger charge is -2.27. The number of halogens is 1. The molecule has 6 heteroatoms. The smallest absolute Gasteiger partial charge is 0.242 e. The van der Waals surface area contributed by atoms with Crippen LogP contribution in [0.3, 0.4) is 0 Å². The minimum Gasteiger partial charge on any atom is -0.340 e. The van der Waals surface area contributed by atoms with Crippen molar-refractivity contribution in [1.82, 2.24) is 15.1 Å². The lowest BCUT2D eigenvalue weighted by molar-refractivity contribution is -0.140. The van der Waals surface area contributed by atoms with E-state index in [1.807, 2.05) is 4.90 Å². The second kappa shape index (κ2) is 9.19. The van der Waals surface area contributed by atoms with Crippen LogP contribution in [0.2, 0.25) is 0 Å². The maximum Gasteiger partial charge on any atom is 0.242 e. The van der Waals surface area contributed by atoms with E-state index in [-0.39, 0.29) is 30.8 Å². The van der Waals surface area contributed by atoms with Crippen molar-refractivity contribution < 1.29 is 9.59 Å². The second-order valence-electron chi connectivity index (χ2n) is 5.46. The molecular weight excluding hydrogens is 278 g/mol. The summed E-state index contributed by atoms with van der Waals surface area (Å²) >= 11 is 0. The monoisotopic (exact) mass is 303 g/mol. The molecule has 2 amide bonds. The minimum atomic E-state index is 0. The van der Waals surface area contributed by atoms with E-state index in [4.69, 9.17) is 0 Å². The highest BCUT2D eigenvalue weighted by Crippen LogP contribution is 2.12. The van der Waals surface area contributed by atoms with Gasteiger partial charge >= 0.3 is 0 Å². The van der Waals surface area contributed by atoms with Crippen LogP contribution >= 0.6 is 12.4 Å². The summed E-state index contributed by atoms with van der Waals surface area (Å²) in [5.41, 5.74) is 0. The second-order valence-corrected chi connectivity index (χ2v) is 5.46. The SMILES string of the molecule is Cl.O=C(CN1CCCCCCC1=O)N1CCCNCC1. The standard InChI is InChI=1S/C14H25N3O2.ClH/c18-13-6-3-1-2-4-9-17(13)12-14(19)16-10-5-7-15-8-11-16;/h15H,1-12H2;1H. The van der Waals surface area contributed by atoms with Crippen LogP contribution in [0.1, 0.15) is 38.5 Å². The summed E-state index contributed by atoms with van der Waals surface area (Å²) in [5.74, 6) is 0.263. The quantitative estimate of drug-likeness (QED) is 0.829. The topological polar surface area (TPSA) is 52.7 Å². The fourth-order valence-corrected chi connectivity index (χ4v) is 2.74. The van der Waals surface area contributed by atoms with E-state index < -0.39 is 0 Å². The van der Waals surface area contributed by atoms with Crippen LogP contribution in [0.5, 0.6) is 0 Å². The highest BCUT2D eigenvalue weighted by molar-refractivity contribution is 5.85. The molecule has 2 aliphatic rings. The van der Waals surface area contributed by atoms with Crippen molar-refractivity contribution in [2.75, 3.05) is 39.3 Å². The van der Waals surface area contributed by atoms with Gasteiger partial charge in [-0.25, -0.2) is 0 Å². The third-order valence-corrected chi connectivity index (χ3v) is 3.94. The molecule has 116 valence electrons. The zero-order valence-electron chi connectivity index (χ0n) is 12.1. The molecule has 0 atom stereocenters. The molecule has 0 unspecified atom stereocenters. The average Bonchev–Trinajstić information content (AvgIpc) is 2.67. The normalized spacial score (nSPS) is 21.5. The predicted octanol–water partition coefficient (Wildman–Crippen LogP) is 1.02. The lowest BCUT2D eigenvalue weighted by atomic mass is 10.1. The number of likely N-dealkylation sites (tertiary alicyclic amines) is 1. The molecule has 0 spiro atoms. The molecule has 0 bridgehead atoms. The molecule has 0 aromatic heterocycles. The Balaban J connectivity index is 0.00000200. The van der Waals surface area contributed by atoms with E-state index in [0.29, 0.717) is 6.42 Å². The maximum absolute atomic E-state index is 12.3. The van der Waals surface area contributed by atoms with Crippen molar-refractivity contribution in [3.8, 4) is 0 Å². The molecule has 5 nitrogen and oxygen atoms in total. The molecule has 2 fully saturated rings. The van der Waals surface area contributed by atoms with Gasteiger partial charge in [-0.05, 0) is 25.8 Å². The molecule has 2 aliphatic heterocycles. The summed E-state index contributed by atoms with van der Waals surface area (Å²) in [5, 5.41) is 3.29. The highest BCUT2D eigenvalue weighted by Gasteiger charge is 2.22. The largest absolute Gasteiger partial charge is 0.340 e. The molecule has 2 rings (SSSR count). The number of hydrogen-bond donors (Lipinski definition) is 1. The van der Waals surface area contributed by atoms with Crippen LogP contribution < -0.4 is 5.32 Å². The van der Waals surface area contributed by atoms with Crippen LogP contribution in [-0.4, -0.2) is 60.9 Å². The van der Waals surface area contributed by atoms with Crippen molar-refractivity contribution in [3.05, 3.63) is 0 Å². The first-order valence-corrected chi connectivity index (χ1v) is 7.53. The number of carbonyl (C=O) groups excluding carboxylic acids is 2. The molecule has 0 aromatic carbocycles. The summed E-state index contributed by atoms with van der Waals surface area (Å²) < 4.78 is 0. The van der Waals surface area contributed by atoms with Crippen molar-refractivity contribution in [3.63, 3.8) is 0 Å². The Morgan fingerprint density at radius 2 is 1.80 bits per heavy atom. The third kappa shape index (κ3) is 5.29. The molecule has 2 saturated heterocycles. The van der Waals surface area contributed by atoms with Crippen LogP contribution in [0.25, 0.3) is 0 Å². The first kappa shape index (κ1) is 17.2.